The quantitative estimate of drug-likeness (QED) is 0.795. The molecule has 0 radical (unpaired) electrons. The summed E-state index contributed by atoms with van der Waals surface area (Å²) in [5.41, 5.74) is 1.06. The first kappa shape index (κ1) is 16.0. The van der Waals surface area contributed by atoms with Gasteiger partial charge in [0.15, 0.2) is 6.10 Å². The summed E-state index contributed by atoms with van der Waals surface area (Å²) in [4.78, 5) is 12.0. The summed E-state index contributed by atoms with van der Waals surface area (Å²) in [5, 5.41) is 2.86. The summed E-state index contributed by atoms with van der Waals surface area (Å²) in [6.07, 6.45) is -0.564. The molecule has 0 saturated heterocycles. The van der Waals surface area contributed by atoms with Crippen LogP contribution in [0.15, 0.2) is 57.5 Å². The summed E-state index contributed by atoms with van der Waals surface area (Å²) in [6.45, 7) is 2.23. The Bertz CT molecular complexity index is 617. The molecule has 0 aliphatic rings. The summed E-state index contributed by atoms with van der Waals surface area (Å²) in [5.74, 6) is 0.495. The van der Waals surface area contributed by atoms with Crippen molar-refractivity contribution < 1.29 is 9.53 Å². The van der Waals surface area contributed by atoms with Gasteiger partial charge in [-0.3, -0.25) is 4.79 Å². The van der Waals surface area contributed by atoms with Crippen molar-refractivity contribution in [2.75, 3.05) is 0 Å². The van der Waals surface area contributed by atoms with Gasteiger partial charge in [-0.15, -0.1) is 0 Å². The normalized spacial score (nSPS) is 11.8. The maximum Gasteiger partial charge on any atom is 0.261 e. The van der Waals surface area contributed by atoms with E-state index in [0.29, 0.717) is 12.3 Å². The molecule has 1 unspecified atom stereocenters. The van der Waals surface area contributed by atoms with Gasteiger partial charge in [0.1, 0.15) is 5.75 Å². The molecule has 5 heteroatoms. The Labute approximate surface area is 141 Å². The molecule has 0 aliphatic carbocycles. The fourth-order valence-electron chi connectivity index (χ4n) is 1.74. The highest BCUT2D eigenvalue weighted by molar-refractivity contribution is 9.11. The van der Waals surface area contributed by atoms with Crippen molar-refractivity contribution in [3.05, 3.63) is 63.0 Å². The lowest BCUT2D eigenvalue weighted by molar-refractivity contribution is -0.127. The molecule has 0 aliphatic heterocycles. The molecule has 0 saturated carbocycles. The molecule has 0 heterocycles. The smallest absolute Gasteiger partial charge is 0.261 e. The van der Waals surface area contributed by atoms with Crippen LogP contribution >= 0.6 is 31.9 Å². The SMILES string of the molecule is CC(Oc1ccc(Br)cc1Br)C(=O)NCc1ccccc1. The molecular weight excluding hydrogens is 398 g/mol. The minimum atomic E-state index is -0.564. The van der Waals surface area contributed by atoms with Crippen molar-refractivity contribution in [2.24, 2.45) is 0 Å². The molecule has 1 atom stereocenters. The molecule has 2 aromatic carbocycles. The summed E-state index contributed by atoms with van der Waals surface area (Å²) < 4.78 is 7.42. The Morgan fingerprint density at radius 1 is 1.19 bits per heavy atom. The van der Waals surface area contributed by atoms with Gasteiger partial charge in [0, 0.05) is 11.0 Å². The summed E-state index contributed by atoms with van der Waals surface area (Å²) in [7, 11) is 0. The van der Waals surface area contributed by atoms with Gasteiger partial charge in [0.05, 0.1) is 4.47 Å². The first-order valence-electron chi connectivity index (χ1n) is 6.49. The van der Waals surface area contributed by atoms with Crippen molar-refractivity contribution >= 4 is 37.8 Å². The van der Waals surface area contributed by atoms with Crippen LogP contribution in [0.2, 0.25) is 0 Å². The van der Waals surface area contributed by atoms with Crippen LogP contribution in [0.3, 0.4) is 0 Å². The predicted octanol–water partition coefficient (Wildman–Crippen LogP) is 4.30. The van der Waals surface area contributed by atoms with E-state index in [1.54, 1.807) is 6.92 Å². The molecule has 0 spiro atoms. The minimum Gasteiger partial charge on any atom is -0.480 e. The molecule has 1 N–H and O–H groups in total. The molecule has 21 heavy (non-hydrogen) atoms. The van der Waals surface area contributed by atoms with Gasteiger partial charge in [-0.1, -0.05) is 46.3 Å². The largest absolute Gasteiger partial charge is 0.480 e. The number of carbonyl (C=O) groups excluding carboxylic acids is 1. The van der Waals surface area contributed by atoms with Crippen LogP contribution in [-0.4, -0.2) is 12.0 Å². The third-order valence-corrected chi connectivity index (χ3v) is 3.99. The van der Waals surface area contributed by atoms with E-state index in [1.165, 1.54) is 0 Å². The maximum absolute atomic E-state index is 12.0. The van der Waals surface area contributed by atoms with E-state index in [-0.39, 0.29) is 5.91 Å². The average Bonchev–Trinajstić information content (AvgIpc) is 2.48. The van der Waals surface area contributed by atoms with E-state index in [4.69, 9.17) is 4.74 Å². The predicted molar refractivity (Wildman–Crippen MR) is 90.2 cm³/mol. The van der Waals surface area contributed by atoms with Crippen LogP contribution in [0.5, 0.6) is 5.75 Å². The maximum atomic E-state index is 12.0. The first-order valence-corrected chi connectivity index (χ1v) is 8.08. The second-order valence-corrected chi connectivity index (χ2v) is 6.31. The third kappa shape index (κ3) is 4.86. The zero-order valence-electron chi connectivity index (χ0n) is 11.5. The number of halogens is 2. The Morgan fingerprint density at radius 2 is 1.90 bits per heavy atom. The van der Waals surface area contributed by atoms with Gasteiger partial charge in [0.25, 0.3) is 5.91 Å². The molecule has 0 aromatic heterocycles. The zero-order valence-corrected chi connectivity index (χ0v) is 14.6. The van der Waals surface area contributed by atoms with Crippen LogP contribution < -0.4 is 10.1 Å². The molecule has 110 valence electrons. The van der Waals surface area contributed by atoms with Crippen molar-refractivity contribution in [2.45, 2.75) is 19.6 Å². The molecule has 2 rings (SSSR count). The first-order chi connectivity index (χ1) is 10.1. The third-order valence-electron chi connectivity index (χ3n) is 2.88. The fraction of sp³-hybridized carbons (Fsp3) is 0.188. The van der Waals surface area contributed by atoms with Crippen molar-refractivity contribution in [3.63, 3.8) is 0 Å². The van der Waals surface area contributed by atoms with Crippen molar-refractivity contribution in [3.8, 4) is 5.75 Å². The minimum absolute atomic E-state index is 0.145. The second-order valence-electron chi connectivity index (χ2n) is 4.54. The molecule has 0 fully saturated rings. The lowest BCUT2D eigenvalue weighted by Crippen LogP contribution is -2.35. The number of amides is 1. The van der Waals surface area contributed by atoms with Gasteiger partial charge >= 0.3 is 0 Å². The molecule has 0 bridgehead atoms. The fourth-order valence-corrected chi connectivity index (χ4v) is 2.88. The van der Waals surface area contributed by atoms with Gasteiger partial charge < -0.3 is 10.1 Å². The number of carbonyl (C=O) groups is 1. The number of ether oxygens (including phenoxy) is 1. The Hall–Kier alpha value is -1.33. The number of nitrogens with one attached hydrogen (secondary N) is 1. The second kappa shape index (κ2) is 7.61. The van der Waals surface area contributed by atoms with Crippen LogP contribution in [0, 0.1) is 0 Å². The van der Waals surface area contributed by atoms with Crippen molar-refractivity contribution in [1.29, 1.82) is 0 Å². The van der Waals surface area contributed by atoms with E-state index in [0.717, 1.165) is 14.5 Å². The number of benzene rings is 2. The topological polar surface area (TPSA) is 38.3 Å². The summed E-state index contributed by atoms with van der Waals surface area (Å²) in [6, 6.07) is 15.3. The van der Waals surface area contributed by atoms with Gasteiger partial charge in [0.2, 0.25) is 0 Å². The van der Waals surface area contributed by atoms with Crippen LogP contribution in [0.1, 0.15) is 12.5 Å². The van der Waals surface area contributed by atoms with E-state index >= 15 is 0 Å². The van der Waals surface area contributed by atoms with Gasteiger partial charge in [-0.05, 0) is 46.6 Å². The van der Waals surface area contributed by atoms with Gasteiger partial charge in [-0.25, -0.2) is 0 Å². The Morgan fingerprint density at radius 3 is 2.57 bits per heavy atom. The molecule has 3 nitrogen and oxygen atoms in total. The average molecular weight is 413 g/mol. The number of hydrogen-bond acceptors (Lipinski definition) is 2. The van der Waals surface area contributed by atoms with E-state index in [2.05, 4.69) is 37.2 Å². The highest BCUT2D eigenvalue weighted by Crippen LogP contribution is 2.28. The Kier molecular flexibility index (Phi) is 5.82. The van der Waals surface area contributed by atoms with Crippen LogP contribution in [0.4, 0.5) is 0 Å². The van der Waals surface area contributed by atoms with E-state index < -0.39 is 6.10 Å². The molecule has 2 aromatic rings. The van der Waals surface area contributed by atoms with E-state index in [1.807, 2.05) is 48.5 Å². The molecular formula is C16H15Br2NO2. The number of rotatable bonds is 5. The highest BCUT2D eigenvalue weighted by Gasteiger charge is 2.15. The lowest BCUT2D eigenvalue weighted by atomic mass is 10.2. The van der Waals surface area contributed by atoms with E-state index in [9.17, 15) is 4.79 Å². The standard InChI is InChI=1S/C16H15Br2NO2/c1-11(21-15-8-7-13(17)9-14(15)18)16(20)19-10-12-5-3-2-4-6-12/h2-9,11H,10H2,1H3,(H,19,20). The summed E-state index contributed by atoms with van der Waals surface area (Å²) >= 11 is 6.79. The zero-order chi connectivity index (χ0) is 15.2. The molecule has 1 amide bonds. The number of hydrogen-bond donors (Lipinski definition) is 1. The Balaban J connectivity index is 1.90. The monoisotopic (exact) mass is 411 g/mol. The van der Waals surface area contributed by atoms with Crippen molar-refractivity contribution in [1.82, 2.24) is 5.32 Å². The van der Waals surface area contributed by atoms with Crippen LogP contribution in [0.25, 0.3) is 0 Å². The van der Waals surface area contributed by atoms with Crippen LogP contribution in [-0.2, 0) is 11.3 Å². The lowest BCUT2D eigenvalue weighted by Gasteiger charge is -2.16. The van der Waals surface area contributed by atoms with Gasteiger partial charge in [-0.2, -0.15) is 0 Å². The highest BCUT2D eigenvalue weighted by atomic mass is 79.9.